The van der Waals surface area contributed by atoms with E-state index in [-0.39, 0.29) is 0 Å². The number of fused-ring (bicyclic) bond motifs is 3. The van der Waals surface area contributed by atoms with Crippen molar-refractivity contribution in [1.82, 2.24) is 9.88 Å². The monoisotopic (exact) mass is 297 g/mol. The van der Waals surface area contributed by atoms with Crippen LogP contribution in [0.2, 0.25) is 0 Å². The number of hydrogen-bond acceptors (Lipinski definition) is 4. The van der Waals surface area contributed by atoms with E-state index in [1.165, 1.54) is 25.9 Å². The van der Waals surface area contributed by atoms with Crippen molar-refractivity contribution < 1.29 is 9.21 Å². The average Bonchev–Trinajstić information content (AvgIpc) is 3.02. The number of carbonyl (C=O) groups excluding carboxylic acids is 1. The molecule has 3 fully saturated rings. The summed E-state index contributed by atoms with van der Waals surface area (Å²) in [4.78, 5) is 18.3. The second-order valence-corrected chi connectivity index (χ2v) is 6.24. The van der Waals surface area contributed by atoms with Gasteiger partial charge in [0.2, 0.25) is 0 Å². The predicted octanol–water partition coefficient (Wildman–Crippen LogP) is 2.25. The molecule has 3 aliphatic heterocycles. The Morgan fingerprint density at radius 3 is 2.59 bits per heavy atom. The van der Waals surface area contributed by atoms with Gasteiger partial charge in [0, 0.05) is 36.0 Å². The van der Waals surface area contributed by atoms with Gasteiger partial charge in [-0.25, -0.2) is 0 Å². The molecule has 2 N–H and O–H groups in total. The van der Waals surface area contributed by atoms with Crippen molar-refractivity contribution in [2.45, 2.75) is 18.8 Å². The van der Waals surface area contributed by atoms with E-state index in [0.717, 1.165) is 17.7 Å². The van der Waals surface area contributed by atoms with Crippen molar-refractivity contribution in [3.63, 3.8) is 0 Å². The SMILES string of the molecule is NC(=O)c1oc(-c2ccncc2)cc1C1CN2CCC1CC2. The molecular weight excluding hydrogens is 278 g/mol. The van der Waals surface area contributed by atoms with E-state index in [0.29, 0.717) is 23.4 Å². The third-order valence-electron chi connectivity index (χ3n) is 5.01. The minimum Gasteiger partial charge on any atom is -0.451 e. The lowest BCUT2D eigenvalue weighted by Crippen LogP contribution is -2.46. The summed E-state index contributed by atoms with van der Waals surface area (Å²) in [5, 5.41) is 0. The van der Waals surface area contributed by atoms with Gasteiger partial charge in [-0.3, -0.25) is 9.78 Å². The van der Waals surface area contributed by atoms with Gasteiger partial charge in [0.05, 0.1) is 0 Å². The van der Waals surface area contributed by atoms with Crippen molar-refractivity contribution in [3.05, 3.63) is 41.9 Å². The Morgan fingerprint density at radius 2 is 2.00 bits per heavy atom. The summed E-state index contributed by atoms with van der Waals surface area (Å²) in [7, 11) is 0. The Bertz CT molecular complexity index is 687. The number of primary amides is 1. The van der Waals surface area contributed by atoms with E-state index in [4.69, 9.17) is 10.2 Å². The van der Waals surface area contributed by atoms with E-state index < -0.39 is 5.91 Å². The first-order valence-corrected chi connectivity index (χ1v) is 7.78. The highest BCUT2D eigenvalue weighted by molar-refractivity contribution is 5.92. The second-order valence-electron chi connectivity index (χ2n) is 6.24. The first-order valence-electron chi connectivity index (χ1n) is 7.78. The van der Waals surface area contributed by atoms with Crippen LogP contribution in [-0.2, 0) is 0 Å². The molecule has 0 radical (unpaired) electrons. The highest BCUT2D eigenvalue weighted by Gasteiger charge is 2.38. The van der Waals surface area contributed by atoms with Gasteiger partial charge in [0.25, 0.3) is 5.91 Å². The maximum Gasteiger partial charge on any atom is 0.284 e. The third-order valence-corrected chi connectivity index (χ3v) is 5.01. The van der Waals surface area contributed by atoms with Crippen LogP contribution >= 0.6 is 0 Å². The highest BCUT2D eigenvalue weighted by atomic mass is 16.4. The van der Waals surface area contributed by atoms with Gasteiger partial charge in [-0.1, -0.05) is 0 Å². The molecule has 2 aromatic rings. The second kappa shape index (κ2) is 5.25. The molecule has 5 heteroatoms. The van der Waals surface area contributed by atoms with Crippen LogP contribution in [0.4, 0.5) is 0 Å². The Hall–Kier alpha value is -2.14. The number of aromatic nitrogens is 1. The Kier molecular flexibility index (Phi) is 3.22. The van der Waals surface area contributed by atoms with Crippen LogP contribution in [0, 0.1) is 5.92 Å². The fraction of sp³-hybridized carbons (Fsp3) is 0.412. The first kappa shape index (κ1) is 13.5. The molecule has 5 heterocycles. The smallest absolute Gasteiger partial charge is 0.284 e. The molecule has 2 aromatic heterocycles. The van der Waals surface area contributed by atoms with E-state index in [9.17, 15) is 4.79 Å². The van der Waals surface area contributed by atoms with Crippen LogP contribution < -0.4 is 5.73 Å². The van der Waals surface area contributed by atoms with Crippen molar-refractivity contribution in [3.8, 4) is 11.3 Å². The summed E-state index contributed by atoms with van der Waals surface area (Å²) in [5.74, 6) is 1.52. The van der Waals surface area contributed by atoms with Crippen LogP contribution in [0.15, 0.2) is 35.0 Å². The molecule has 0 aliphatic carbocycles. The van der Waals surface area contributed by atoms with E-state index in [1.807, 2.05) is 18.2 Å². The topological polar surface area (TPSA) is 72.4 Å². The number of piperidine rings is 3. The Labute approximate surface area is 129 Å². The van der Waals surface area contributed by atoms with Gasteiger partial charge in [0.15, 0.2) is 5.76 Å². The van der Waals surface area contributed by atoms with Crippen molar-refractivity contribution >= 4 is 5.91 Å². The molecule has 0 aromatic carbocycles. The largest absolute Gasteiger partial charge is 0.451 e. The molecule has 1 atom stereocenters. The maximum atomic E-state index is 11.8. The number of hydrogen-bond donors (Lipinski definition) is 1. The van der Waals surface area contributed by atoms with E-state index in [1.54, 1.807) is 12.4 Å². The molecule has 3 aliphatic rings. The molecule has 2 bridgehead atoms. The van der Waals surface area contributed by atoms with Gasteiger partial charge in [0.1, 0.15) is 5.76 Å². The summed E-state index contributed by atoms with van der Waals surface area (Å²) in [6.07, 6.45) is 5.82. The van der Waals surface area contributed by atoms with Gasteiger partial charge in [-0.2, -0.15) is 0 Å². The lowest BCUT2D eigenvalue weighted by Gasteiger charge is -2.44. The minimum atomic E-state index is -0.480. The summed E-state index contributed by atoms with van der Waals surface area (Å²) >= 11 is 0. The van der Waals surface area contributed by atoms with Crippen molar-refractivity contribution in [1.29, 1.82) is 0 Å². The molecule has 5 nitrogen and oxygen atoms in total. The fourth-order valence-corrected chi connectivity index (χ4v) is 3.85. The van der Waals surface area contributed by atoms with E-state index >= 15 is 0 Å². The molecule has 114 valence electrons. The number of nitrogens with zero attached hydrogens (tertiary/aromatic N) is 2. The quantitative estimate of drug-likeness (QED) is 0.943. The summed E-state index contributed by atoms with van der Waals surface area (Å²) in [6, 6.07) is 5.76. The number of rotatable bonds is 3. The molecule has 1 unspecified atom stereocenters. The van der Waals surface area contributed by atoms with Crippen LogP contribution in [0.3, 0.4) is 0 Å². The first-order chi connectivity index (χ1) is 10.7. The number of carbonyl (C=O) groups is 1. The van der Waals surface area contributed by atoms with Gasteiger partial charge >= 0.3 is 0 Å². The van der Waals surface area contributed by atoms with E-state index in [2.05, 4.69) is 9.88 Å². The lowest BCUT2D eigenvalue weighted by molar-refractivity contribution is 0.0845. The number of pyridine rings is 1. The molecule has 1 amide bonds. The minimum absolute atomic E-state index is 0.325. The zero-order chi connectivity index (χ0) is 15.1. The van der Waals surface area contributed by atoms with Crippen LogP contribution in [0.5, 0.6) is 0 Å². The zero-order valence-corrected chi connectivity index (χ0v) is 12.4. The summed E-state index contributed by atoms with van der Waals surface area (Å²) in [5.41, 5.74) is 7.45. The van der Waals surface area contributed by atoms with Crippen LogP contribution in [0.25, 0.3) is 11.3 Å². The molecular formula is C17H19N3O2. The summed E-state index contributed by atoms with van der Waals surface area (Å²) in [6.45, 7) is 3.34. The Morgan fingerprint density at radius 1 is 1.27 bits per heavy atom. The van der Waals surface area contributed by atoms with Gasteiger partial charge in [-0.15, -0.1) is 0 Å². The molecule has 3 saturated heterocycles. The summed E-state index contributed by atoms with van der Waals surface area (Å²) < 4.78 is 5.80. The highest BCUT2D eigenvalue weighted by Crippen LogP contribution is 2.42. The van der Waals surface area contributed by atoms with Crippen molar-refractivity contribution in [2.75, 3.05) is 19.6 Å². The average molecular weight is 297 g/mol. The predicted molar refractivity (Wildman–Crippen MR) is 82.4 cm³/mol. The maximum absolute atomic E-state index is 11.8. The van der Waals surface area contributed by atoms with Gasteiger partial charge < -0.3 is 15.1 Å². The fourth-order valence-electron chi connectivity index (χ4n) is 3.85. The number of nitrogens with two attached hydrogens (primary N) is 1. The standard InChI is InChI=1S/C17H19N3O2/c18-17(21)16-13(14-10-20-7-3-11(14)4-8-20)9-15(22-16)12-1-5-19-6-2-12/h1-2,5-6,9,11,14H,3-4,7-8,10H2,(H2,18,21). The molecule has 22 heavy (non-hydrogen) atoms. The lowest BCUT2D eigenvalue weighted by atomic mass is 9.75. The Balaban J connectivity index is 1.75. The molecule has 0 spiro atoms. The zero-order valence-electron chi connectivity index (χ0n) is 12.4. The third kappa shape index (κ3) is 2.22. The van der Waals surface area contributed by atoms with Crippen LogP contribution in [0.1, 0.15) is 34.9 Å². The number of amides is 1. The van der Waals surface area contributed by atoms with Gasteiger partial charge in [-0.05, 0) is 50.0 Å². The normalized spacial score (nSPS) is 27.0. The van der Waals surface area contributed by atoms with Crippen LogP contribution in [-0.4, -0.2) is 35.4 Å². The van der Waals surface area contributed by atoms with Crippen molar-refractivity contribution in [2.24, 2.45) is 11.7 Å². The molecule has 0 saturated carbocycles. The number of furan rings is 1. The molecule has 5 rings (SSSR count).